The smallest absolute Gasteiger partial charge is 0.232 e. The van der Waals surface area contributed by atoms with E-state index in [0.717, 1.165) is 13.0 Å². The van der Waals surface area contributed by atoms with Crippen molar-refractivity contribution in [3.63, 3.8) is 0 Å². The number of amides is 1. The number of nitrogens with one attached hydrogen (secondary N) is 1. The summed E-state index contributed by atoms with van der Waals surface area (Å²) in [6.07, 6.45) is 1.63. The topological polar surface area (TPSA) is 64.3 Å². The lowest BCUT2D eigenvalue weighted by Crippen LogP contribution is -2.47. The minimum atomic E-state index is -0.757. The summed E-state index contributed by atoms with van der Waals surface area (Å²) in [5, 5.41) is 2.81. The van der Waals surface area contributed by atoms with E-state index >= 15 is 0 Å². The molecule has 1 unspecified atom stereocenters. The molecule has 0 spiro atoms. The SMILES string of the molecule is CCC(C)(C(=O)NCCOCCC(C)C)C(N)=S. The van der Waals surface area contributed by atoms with Crippen LogP contribution >= 0.6 is 12.2 Å². The summed E-state index contributed by atoms with van der Waals surface area (Å²) in [7, 11) is 0. The summed E-state index contributed by atoms with van der Waals surface area (Å²) in [5.74, 6) is 0.516. The summed E-state index contributed by atoms with van der Waals surface area (Å²) in [6.45, 7) is 9.72. The largest absolute Gasteiger partial charge is 0.392 e. The van der Waals surface area contributed by atoms with Crippen molar-refractivity contribution >= 4 is 23.1 Å². The Labute approximate surface area is 116 Å². The normalized spacial score (nSPS) is 14.3. The molecule has 0 rings (SSSR count). The Morgan fingerprint density at radius 3 is 2.50 bits per heavy atom. The van der Waals surface area contributed by atoms with Gasteiger partial charge in [0, 0.05) is 13.2 Å². The van der Waals surface area contributed by atoms with Crippen molar-refractivity contribution in [2.45, 2.75) is 40.5 Å². The molecule has 1 amide bonds. The van der Waals surface area contributed by atoms with Gasteiger partial charge in [-0.25, -0.2) is 0 Å². The molecule has 0 aromatic carbocycles. The fourth-order valence-electron chi connectivity index (χ4n) is 1.30. The van der Waals surface area contributed by atoms with Gasteiger partial charge in [-0.2, -0.15) is 0 Å². The van der Waals surface area contributed by atoms with E-state index in [1.54, 1.807) is 6.92 Å². The van der Waals surface area contributed by atoms with Crippen LogP contribution in [0.5, 0.6) is 0 Å². The zero-order chi connectivity index (χ0) is 14.2. The highest BCUT2D eigenvalue weighted by atomic mass is 32.1. The molecule has 0 aromatic rings. The summed E-state index contributed by atoms with van der Waals surface area (Å²) >= 11 is 4.94. The Kier molecular flexibility index (Phi) is 8.11. The number of thiocarbonyl (C=S) groups is 1. The minimum absolute atomic E-state index is 0.120. The van der Waals surface area contributed by atoms with Crippen molar-refractivity contribution in [2.75, 3.05) is 19.8 Å². The van der Waals surface area contributed by atoms with E-state index in [1.807, 2.05) is 6.92 Å². The molecular weight excluding hydrogens is 248 g/mol. The van der Waals surface area contributed by atoms with Crippen LogP contribution in [-0.2, 0) is 9.53 Å². The van der Waals surface area contributed by atoms with E-state index < -0.39 is 5.41 Å². The van der Waals surface area contributed by atoms with Gasteiger partial charge in [-0.15, -0.1) is 0 Å². The molecule has 0 fully saturated rings. The Morgan fingerprint density at radius 2 is 2.06 bits per heavy atom. The zero-order valence-electron chi connectivity index (χ0n) is 11.9. The monoisotopic (exact) mass is 274 g/mol. The van der Waals surface area contributed by atoms with Crippen LogP contribution in [-0.4, -0.2) is 30.7 Å². The highest BCUT2D eigenvalue weighted by Gasteiger charge is 2.34. The van der Waals surface area contributed by atoms with Crippen molar-refractivity contribution in [1.29, 1.82) is 0 Å². The molecule has 3 N–H and O–H groups in total. The molecular formula is C13H26N2O2S. The van der Waals surface area contributed by atoms with Crippen LogP contribution in [0.1, 0.15) is 40.5 Å². The van der Waals surface area contributed by atoms with Gasteiger partial charge < -0.3 is 15.8 Å². The number of rotatable bonds is 9. The Balaban J connectivity index is 3.86. The van der Waals surface area contributed by atoms with Crippen LogP contribution in [0.3, 0.4) is 0 Å². The highest BCUT2D eigenvalue weighted by Crippen LogP contribution is 2.21. The van der Waals surface area contributed by atoms with Crippen molar-refractivity contribution < 1.29 is 9.53 Å². The second kappa shape index (κ2) is 8.43. The lowest BCUT2D eigenvalue weighted by atomic mass is 9.86. The van der Waals surface area contributed by atoms with E-state index in [0.29, 0.717) is 25.5 Å². The van der Waals surface area contributed by atoms with Crippen molar-refractivity contribution in [3.05, 3.63) is 0 Å². The average molecular weight is 274 g/mol. The van der Waals surface area contributed by atoms with Gasteiger partial charge in [-0.1, -0.05) is 33.0 Å². The maximum absolute atomic E-state index is 11.9. The quantitative estimate of drug-likeness (QED) is 0.497. The molecule has 5 heteroatoms. The maximum atomic E-state index is 11.9. The van der Waals surface area contributed by atoms with Crippen LogP contribution in [0.25, 0.3) is 0 Å². The van der Waals surface area contributed by atoms with Crippen LogP contribution in [0.15, 0.2) is 0 Å². The Bertz CT molecular complexity index is 282. The molecule has 0 heterocycles. The summed E-state index contributed by atoms with van der Waals surface area (Å²) in [4.78, 5) is 12.2. The molecule has 0 bridgehead atoms. The maximum Gasteiger partial charge on any atom is 0.232 e. The molecule has 4 nitrogen and oxygen atoms in total. The van der Waals surface area contributed by atoms with Crippen molar-refractivity contribution in [1.82, 2.24) is 5.32 Å². The molecule has 0 aromatic heterocycles. The third-order valence-electron chi connectivity index (χ3n) is 3.12. The van der Waals surface area contributed by atoms with Gasteiger partial charge in [0.25, 0.3) is 0 Å². The number of hydrogen-bond acceptors (Lipinski definition) is 3. The third-order valence-corrected chi connectivity index (χ3v) is 3.57. The molecule has 0 aliphatic heterocycles. The number of ether oxygens (including phenoxy) is 1. The second-order valence-corrected chi connectivity index (χ2v) is 5.54. The summed E-state index contributed by atoms with van der Waals surface area (Å²) < 4.78 is 5.42. The number of hydrogen-bond donors (Lipinski definition) is 2. The van der Waals surface area contributed by atoms with Crippen LogP contribution in [0.4, 0.5) is 0 Å². The molecule has 0 aliphatic rings. The van der Waals surface area contributed by atoms with Gasteiger partial charge in [0.1, 0.15) is 0 Å². The minimum Gasteiger partial charge on any atom is -0.392 e. The van der Waals surface area contributed by atoms with Crippen molar-refractivity contribution in [2.24, 2.45) is 17.1 Å². The van der Waals surface area contributed by atoms with Gasteiger partial charge in [-0.3, -0.25) is 4.79 Å². The van der Waals surface area contributed by atoms with Crippen LogP contribution < -0.4 is 11.1 Å². The van der Waals surface area contributed by atoms with E-state index in [2.05, 4.69) is 19.2 Å². The van der Waals surface area contributed by atoms with Gasteiger partial charge in [0.15, 0.2) is 0 Å². The number of carbonyl (C=O) groups is 1. The lowest BCUT2D eigenvalue weighted by molar-refractivity contribution is -0.127. The summed E-state index contributed by atoms with van der Waals surface area (Å²) in [6, 6.07) is 0. The Hall–Kier alpha value is -0.680. The highest BCUT2D eigenvalue weighted by molar-refractivity contribution is 7.80. The first-order valence-electron chi connectivity index (χ1n) is 6.50. The van der Waals surface area contributed by atoms with Gasteiger partial charge in [0.05, 0.1) is 17.0 Å². The van der Waals surface area contributed by atoms with E-state index in [-0.39, 0.29) is 10.9 Å². The number of carbonyl (C=O) groups excluding carboxylic acids is 1. The molecule has 0 radical (unpaired) electrons. The van der Waals surface area contributed by atoms with E-state index in [9.17, 15) is 4.79 Å². The van der Waals surface area contributed by atoms with E-state index in [4.69, 9.17) is 22.7 Å². The lowest BCUT2D eigenvalue weighted by Gasteiger charge is -2.25. The van der Waals surface area contributed by atoms with Gasteiger partial charge in [0.2, 0.25) is 5.91 Å². The average Bonchev–Trinajstić information content (AvgIpc) is 2.31. The second-order valence-electron chi connectivity index (χ2n) is 5.10. The first-order chi connectivity index (χ1) is 8.34. The summed E-state index contributed by atoms with van der Waals surface area (Å²) in [5.41, 5.74) is 4.85. The number of nitrogens with two attached hydrogens (primary N) is 1. The van der Waals surface area contributed by atoms with Crippen molar-refractivity contribution in [3.8, 4) is 0 Å². The zero-order valence-corrected chi connectivity index (χ0v) is 12.7. The molecule has 106 valence electrons. The Morgan fingerprint density at radius 1 is 1.44 bits per heavy atom. The van der Waals surface area contributed by atoms with Gasteiger partial charge in [-0.05, 0) is 25.7 Å². The standard InChI is InChI=1S/C13H26N2O2S/c1-5-13(4,11(14)18)12(16)15-7-9-17-8-6-10(2)3/h10H,5-9H2,1-4H3,(H2,14,18)(H,15,16). The molecule has 0 aliphatic carbocycles. The molecule has 0 saturated carbocycles. The van der Waals surface area contributed by atoms with E-state index in [1.165, 1.54) is 0 Å². The predicted octanol–water partition coefficient (Wildman–Crippen LogP) is 1.87. The fourth-order valence-corrected chi connectivity index (χ4v) is 1.54. The predicted molar refractivity (Wildman–Crippen MR) is 78.5 cm³/mol. The fraction of sp³-hybridized carbons (Fsp3) is 0.846. The first kappa shape index (κ1) is 17.3. The van der Waals surface area contributed by atoms with Crippen LogP contribution in [0, 0.1) is 11.3 Å². The molecule has 18 heavy (non-hydrogen) atoms. The molecule has 1 atom stereocenters. The van der Waals surface area contributed by atoms with Gasteiger partial charge >= 0.3 is 0 Å². The van der Waals surface area contributed by atoms with Crippen LogP contribution in [0.2, 0.25) is 0 Å². The molecule has 0 saturated heterocycles. The first-order valence-corrected chi connectivity index (χ1v) is 6.91. The third kappa shape index (κ3) is 5.78.